The van der Waals surface area contributed by atoms with Gasteiger partial charge in [-0.05, 0) is 37.0 Å². The number of allylic oxidation sites excluding steroid dienone is 2. The number of nitrogens with zero attached hydrogens (tertiary/aromatic N) is 1. The Bertz CT molecular complexity index is 448. The zero-order chi connectivity index (χ0) is 10.5. The maximum absolute atomic E-state index is 11.1. The molecule has 0 saturated carbocycles. The maximum Gasteiger partial charge on any atom is 0.156 e. The SMILES string of the molecule is O=C1C=C(C#Cc2ccccn2)CCC1. The molecule has 1 aromatic heterocycles. The average Bonchev–Trinajstić information content (AvgIpc) is 2.28. The molecule has 0 saturated heterocycles. The van der Waals surface area contributed by atoms with E-state index in [1.165, 1.54) is 0 Å². The third-order valence-corrected chi connectivity index (χ3v) is 2.22. The van der Waals surface area contributed by atoms with Gasteiger partial charge in [-0.2, -0.15) is 0 Å². The number of rotatable bonds is 0. The summed E-state index contributed by atoms with van der Waals surface area (Å²) in [5.41, 5.74) is 1.67. The second kappa shape index (κ2) is 4.56. The highest BCUT2D eigenvalue weighted by molar-refractivity contribution is 5.91. The molecule has 0 aromatic carbocycles. The summed E-state index contributed by atoms with van der Waals surface area (Å²) in [4.78, 5) is 15.2. The zero-order valence-electron chi connectivity index (χ0n) is 8.36. The monoisotopic (exact) mass is 197 g/mol. The van der Waals surface area contributed by atoms with E-state index in [0.717, 1.165) is 24.1 Å². The summed E-state index contributed by atoms with van der Waals surface area (Å²) < 4.78 is 0. The molecule has 0 amide bonds. The van der Waals surface area contributed by atoms with Gasteiger partial charge in [0.25, 0.3) is 0 Å². The van der Waals surface area contributed by atoms with Crippen LogP contribution in [-0.2, 0) is 4.79 Å². The molecule has 1 aliphatic rings. The van der Waals surface area contributed by atoms with E-state index in [-0.39, 0.29) is 5.78 Å². The number of ketones is 1. The smallest absolute Gasteiger partial charge is 0.156 e. The van der Waals surface area contributed by atoms with Crippen LogP contribution in [0.1, 0.15) is 25.0 Å². The molecular formula is C13H11NO. The number of carbonyl (C=O) groups is 1. The highest BCUT2D eigenvalue weighted by Crippen LogP contribution is 2.13. The van der Waals surface area contributed by atoms with E-state index in [4.69, 9.17) is 0 Å². The van der Waals surface area contributed by atoms with Crippen molar-refractivity contribution in [2.24, 2.45) is 0 Å². The van der Waals surface area contributed by atoms with Crippen molar-refractivity contribution in [1.29, 1.82) is 0 Å². The fraction of sp³-hybridized carbons (Fsp3) is 0.231. The molecule has 2 heteroatoms. The van der Waals surface area contributed by atoms with Crippen molar-refractivity contribution in [3.05, 3.63) is 41.7 Å². The van der Waals surface area contributed by atoms with Crippen LogP contribution in [0.25, 0.3) is 0 Å². The highest BCUT2D eigenvalue weighted by atomic mass is 16.1. The summed E-state index contributed by atoms with van der Waals surface area (Å²) in [6.07, 6.45) is 5.85. The Kier molecular flexibility index (Phi) is 2.94. The van der Waals surface area contributed by atoms with Crippen molar-refractivity contribution < 1.29 is 4.79 Å². The average molecular weight is 197 g/mol. The van der Waals surface area contributed by atoms with Gasteiger partial charge in [-0.1, -0.05) is 12.0 Å². The first-order valence-electron chi connectivity index (χ1n) is 5.01. The standard InChI is InChI=1S/C13H11NO/c15-13-6-3-4-11(10-13)7-8-12-5-1-2-9-14-12/h1-2,5,9-10H,3-4,6H2. The summed E-state index contributed by atoms with van der Waals surface area (Å²) in [7, 11) is 0. The van der Waals surface area contributed by atoms with Crippen molar-refractivity contribution in [2.45, 2.75) is 19.3 Å². The number of hydrogen-bond acceptors (Lipinski definition) is 2. The lowest BCUT2D eigenvalue weighted by molar-refractivity contribution is -0.115. The highest BCUT2D eigenvalue weighted by Gasteiger charge is 2.07. The molecule has 0 unspecified atom stereocenters. The van der Waals surface area contributed by atoms with Gasteiger partial charge in [0.15, 0.2) is 5.78 Å². The second-order valence-electron chi connectivity index (χ2n) is 3.45. The van der Waals surface area contributed by atoms with Crippen LogP contribution in [-0.4, -0.2) is 10.8 Å². The molecule has 0 bridgehead atoms. The molecule has 1 aliphatic carbocycles. The van der Waals surface area contributed by atoms with Gasteiger partial charge in [0.05, 0.1) is 0 Å². The van der Waals surface area contributed by atoms with Crippen LogP contribution in [0.2, 0.25) is 0 Å². The molecule has 1 aromatic rings. The third kappa shape index (κ3) is 2.78. The van der Waals surface area contributed by atoms with Crippen LogP contribution in [0.4, 0.5) is 0 Å². The zero-order valence-corrected chi connectivity index (χ0v) is 8.36. The van der Waals surface area contributed by atoms with E-state index in [0.29, 0.717) is 6.42 Å². The Morgan fingerprint density at radius 3 is 2.87 bits per heavy atom. The van der Waals surface area contributed by atoms with E-state index < -0.39 is 0 Å². The number of aromatic nitrogens is 1. The molecule has 15 heavy (non-hydrogen) atoms. The summed E-state index contributed by atoms with van der Waals surface area (Å²) in [6.45, 7) is 0. The maximum atomic E-state index is 11.1. The van der Waals surface area contributed by atoms with E-state index in [1.54, 1.807) is 12.3 Å². The molecule has 0 N–H and O–H groups in total. The normalized spacial score (nSPS) is 15.2. The van der Waals surface area contributed by atoms with Crippen LogP contribution in [0.15, 0.2) is 36.0 Å². The summed E-state index contributed by atoms with van der Waals surface area (Å²) in [5.74, 6) is 6.14. The molecule has 0 radical (unpaired) electrons. The minimum absolute atomic E-state index is 0.187. The molecule has 2 nitrogen and oxygen atoms in total. The van der Waals surface area contributed by atoms with Gasteiger partial charge in [0, 0.05) is 18.2 Å². The van der Waals surface area contributed by atoms with Gasteiger partial charge in [0.2, 0.25) is 0 Å². The molecule has 0 aliphatic heterocycles. The predicted octanol–water partition coefficient (Wildman–Crippen LogP) is 2.11. The molecule has 0 atom stereocenters. The number of hydrogen-bond donors (Lipinski definition) is 0. The summed E-state index contributed by atoms with van der Waals surface area (Å²) >= 11 is 0. The quantitative estimate of drug-likeness (QED) is 0.596. The molecule has 0 spiro atoms. The van der Waals surface area contributed by atoms with Crippen LogP contribution < -0.4 is 0 Å². The summed E-state index contributed by atoms with van der Waals surface area (Å²) in [5, 5.41) is 0. The lowest BCUT2D eigenvalue weighted by atomic mass is 9.99. The Morgan fingerprint density at radius 1 is 1.20 bits per heavy atom. The van der Waals surface area contributed by atoms with Crippen molar-refractivity contribution >= 4 is 5.78 Å². The Morgan fingerprint density at radius 2 is 2.13 bits per heavy atom. The minimum atomic E-state index is 0.187. The first kappa shape index (κ1) is 9.67. The van der Waals surface area contributed by atoms with Crippen molar-refractivity contribution in [1.82, 2.24) is 4.98 Å². The first-order chi connectivity index (χ1) is 7.34. The molecule has 2 rings (SSSR count). The van der Waals surface area contributed by atoms with E-state index in [1.807, 2.05) is 18.2 Å². The largest absolute Gasteiger partial charge is 0.295 e. The first-order valence-corrected chi connectivity index (χ1v) is 5.01. The topological polar surface area (TPSA) is 30.0 Å². The van der Waals surface area contributed by atoms with E-state index >= 15 is 0 Å². The van der Waals surface area contributed by atoms with Crippen molar-refractivity contribution in [3.63, 3.8) is 0 Å². The fourth-order valence-corrected chi connectivity index (χ4v) is 1.47. The predicted molar refractivity (Wildman–Crippen MR) is 58.1 cm³/mol. The van der Waals surface area contributed by atoms with Crippen molar-refractivity contribution in [2.75, 3.05) is 0 Å². The third-order valence-electron chi connectivity index (χ3n) is 2.22. The summed E-state index contributed by atoms with van der Waals surface area (Å²) in [6, 6.07) is 5.62. The molecule has 0 fully saturated rings. The molecule has 74 valence electrons. The molecular weight excluding hydrogens is 186 g/mol. The fourth-order valence-electron chi connectivity index (χ4n) is 1.47. The Hall–Kier alpha value is -1.88. The van der Waals surface area contributed by atoms with Gasteiger partial charge in [-0.3, -0.25) is 4.79 Å². The Balaban J connectivity index is 2.15. The van der Waals surface area contributed by atoms with E-state index in [2.05, 4.69) is 16.8 Å². The number of carbonyl (C=O) groups excluding carboxylic acids is 1. The van der Waals surface area contributed by atoms with Crippen LogP contribution in [0, 0.1) is 11.8 Å². The lowest BCUT2D eigenvalue weighted by Gasteiger charge is -2.04. The van der Waals surface area contributed by atoms with Crippen LogP contribution in [0.5, 0.6) is 0 Å². The minimum Gasteiger partial charge on any atom is -0.295 e. The van der Waals surface area contributed by atoms with Crippen LogP contribution in [0.3, 0.4) is 0 Å². The van der Waals surface area contributed by atoms with Gasteiger partial charge in [-0.25, -0.2) is 4.98 Å². The van der Waals surface area contributed by atoms with Gasteiger partial charge in [0.1, 0.15) is 5.69 Å². The number of pyridine rings is 1. The Labute approximate surface area is 89.0 Å². The second-order valence-corrected chi connectivity index (χ2v) is 3.45. The van der Waals surface area contributed by atoms with Gasteiger partial charge >= 0.3 is 0 Å². The van der Waals surface area contributed by atoms with Gasteiger partial charge in [-0.15, -0.1) is 0 Å². The lowest BCUT2D eigenvalue weighted by Crippen LogP contribution is -2.01. The van der Waals surface area contributed by atoms with Crippen molar-refractivity contribution in [3.8, 4) is 11.8 Å². The van der Waals surface area contributed by atoms with Crippen LogP contribution >= 0.6 is 0 Å². The van der Waals surface area contributed by atoms with Gasteiger partial charge < -0.3 is 0 Å². The van der Waals surface area contributed by atoms with E-state index in [9.17, 15) is 4.79 Å². The molecule has 1 heterocycles.